The topological polar surface area (TPSA) is 193 Å². The lowest BCUT2D eigenvalue weighted by Crippen LogP contribution is -2.36. The number of halogens is 1. The van der Waals surface area contributed by atoms with E-state index in [1.807, 2.05) is 0 Å². The molecule has 1 atom stereocenters. The van der Waals surface area contributed by atoms with Crippen LogP contribution in [0.5, 0.6) is 17.2 Å². The Bertz CT molecular complexity index is 1920. The number of benzene rings is 2. The zero-order chi connectivity index (χ0) is 28.8. The minimum atomic E-state index is -2.14. The molecular formula is C27H17BrN2O10. The number of aromatic nitrogens is 1. The van der Waals surface area contributed by atoms with Gasteiger partial charge in [0.15, 0.2) is 23.1 Å². The zero-order valence-electron chi connectivity index (χ0n) is 20.7. The van der Waals surface area contributed by atoms with Crippen molar-refractivity contribution < 1.29 is 44.1 Å². The highest BCUT2D eigenvalue weighted by atomic mass is 79.9. The van der Waals surface area contributed by atoms with Crippen molar-refractivity contribution in [3.05, 3.63) is 71.8 Å². The first kappa shape index (κ1) is 25.5. The van der Waals surface area contributed by atoms with Gasteiger partial charge in [0.05, 0.1) is 46.7 Å². The first-order valence-electron chi connectivity index (χ1n) is 11.7. The van der Waals surface area contributed by atoms with Gasteiger partial charge in [-0.1, -0.05) is 5.16 Å². The summed E-state index contributed by atoms with van der Waals surface area (Å²) >= 11 is 3.45. The summed E-state index contributed by atoms with van der Waals surface area (Å²) in [6, 6.07) is 1.52. The summed E-state index contributed by atoms with van der Waals surface area (Å²) in [4.78, 5) is 74.0. The molecule has 12 nitrogen and oxygen atoms in total. The van der Waals surface area contributed by atoms with Gasteiger partial charge in [-0.05, 0) is 40.4 Å². The molecule has 4 N–H and O–H groups in total. The number of methoxy groups -OCH3 is 1. The van der Waals surface area contributed by atoms with Gasteiger partial charge in [-0.25, -0.2) is 0 Å². The number of H-pyrrole nitrogens is 1. The van der Waals surface area contributed by atoms with Crippen LogP contribution < -0.4 is 5.56 Å². The lowest BCUT2D eigenvalue weighted by molar-refractivity contribution is 0.0790. The molecule has 6 rings (SSSR count). The van der Waals surface area contributed by atoms with Crippen LogP contribution in [0.4, 0.5) is 0 Å². The molecule has 1 aromatic heterocycles. The van der Waals surface area contributed by atoms with E-state index in [0.717, 1.165) is 13.2 Å². The lowest BCUT2D eigenvalue weighted by atomic mass is 9.76. The Balaban J connectivity index is 1.64. The van der Waals surface area contributed by atoms with Gasteiger partial charge in [0.1, 0.15) is 29.8 Å². The number of fused-ring (bicyclic) bond motifs is 5. The fourth-order valence-corrected chi connectivity index (χ4v) is 6.69. The van der Waals surface area contributed by atoms with Crippen molar-refractivity contribution in [3.63, 3.8) is 0 Å². The Morgan fingerprint density at radius 2 is 1.62 bits per heavy atom. The van der Waals surface area contributed by atoms with E-state index in [4.69, 9.17) is 4.74 Å². The molecular weight excluding hydrogens is 592 g/mol. The van der Waals surface area contributed by atoms with E-state index in [9.17, 15) is 39.3 Å². The van der Waals surface area contributed by atoms with Crippen molar-refractivity contribution in [2.75, 3.05) is 14.2 Å². The third-order valence-corrected chi connectivity index (χ3v) is 8.57. The van der Waals surface area contributed by atoms with Crippen molar-refractivity contribution in [2.24, 2.45) is 5.16 Å². The molecule has 13 heteroatoms. The van der Waals surface area contributed by atoms with E-state index < -0.39 is 79.4 Å². The van der Waals surface area contributed by atoms with E-state index in [-0.39, 0.29) is 34.9 Å². The number of allylic oxidation sites excluding steroid dienone is 2. The number of hydrogen-bond acceptors (Lipinski definition) is 11. The molecule has 1 heterocycles. The SMILES string of the molecule is CO/N=C/c1cc2c(Br)c3c(c(O)c2c(=O)[nH]1)C1(CC3)C(=O)c2c(O)c3c(c(O)c2C1=O)C(=O)C(OC)=CC3=O. The van der Waals surface area contributed by atoms with Crippen LogP contribution >= 0.6 is 15.9 Å². The Hall–Kier alpha value is -4.78. The number of aromatic hydroxyl groups is 3. The number of phenolic OH excluding ortho intramolecular Hbond substituents is 3. The van der Waals surface area contributed by atoms with Gasteiger partial charge in [0, 0.05) is 21.5 Å². The van der Waals surface area contributed by atoms with Gasteiger partial charge in [-0.15, -0.1) is 0 Å². The lowest BCUT2D eigenvalue weighted by Gasteiger charge is -2.23. The number of carbonyl (C=O) groups excluding carboxylic acids is 4. The highest BCUT2D eigenvalue weighted by Crippen LogP contribution is 2.58. The maximum atomic E-state index is 14.1. The highest BCUT2D eigenvalue weighted by Gasteiger charge is 2.62. The van der Waals surface area contributed by atoms with E-state index in [2.05, 4.69) is 30.9 Å². The predicted molar refractivity (Wildman–Crippen MR) is 141 cm³/mol. The third kappa shape index (κ3) is 2.89. The summed E-state index contributed by atoms with van der Waals surface area (Å²) in [5, 5.41) is 37.3. The predicted octanol–water partition coefficient (Wildman–Crippen LogP) is 2.56. The Morgan fingerprint density at radius 3 is 2.25 bits per heavy atom. The highest BCUT2D eigenvalue weighted by molar-refractivity contribution is 9.10. The normalized spacial score (nSPS) is 19.4. The third-order valence-electron chi connectivity index (χ3n) is 7.66. The molecule has 40 heavy (non-hydrogen) atoms. The van der Waals surface area contributed by atoms with Crippen LogP contribution in [0.15, 0.2) is 32.3 Å². The molecule has 0 saturated heterocycles. The van der Waals surface area contributed by atoms with E-state index in [1.165, 1.54) is 19.4 Å². The number of oxime groups is 1. The summed E-state index contributed by atoms with van der Waals surface area (Å²) < 4.78 is 5.25. The minimum absolute atomic E-state index is 0.0909. The molecule has 0 bridgehead atoms. The van der Waals surface area contributed by atoms with Crippen LogP contribution in [0, 0.1) is 0 Å². The molecule has 0 fully saturated rings. The second kappa shape index (κ2) is 8.36. The summed E-state index contributed by atoms with van der Waals surface area (Å²) in [6.07, 6.45) is 1.97. The average Bonchev–Trinajstić information content (AvgIpc) is 3.43. The van der Waals surface area contributed by atoms with E-state index in [0.29, 0.717) is 10.0 Å². The largest absolute Gasteiger partial charge is 0.507 e. The molecule has 0 radical (unpaired) electrons. The number of ether oxygens (including phenoxy) is 1. The van der Waals surface area contributed by atoms with Crippen LogP contribution in [0.3, 0.4) is 0 Å². The number of phenols is 3. The summed E-state index contributed by atoms with van der Waals surface area (Å²) in [5.41, 5.74) is -5.01. The fraction of sp³-hybridized carbons (Fsp3) is 0.185. The van der Waals surface area contributed by atoms with Gasteiger partial charge < -0.3 is 29.9 Å². The minimum Gasteiger partial charge on any atom is -0.507 e. The van der Waals surface area contributed by atoms with Crippen molar-refractivity contribution in [1.29, 1.82) is 0 Å². The first-order valence-corrected chi connectivity index (χ1v) is 12.5. The Morgan fingerprint density at radius 1 is 0.975 bits per heavy atom. The van der Waals surface area contributed by atoms with Crippen LogP contribution in [-0.4, -0.2) is 63.9 Å². The van der Waals surface area contributed by atoms with Gasteiger partial charge in [0.2, 0.25) is 5.78 Å². The number of Topliss-reactive ketones (excluding diaryl/α,β-unsaturated/α-hetero) is 3. The standard InChI is InChI=1S/C27H17BrN2O10/c1-39-12-6-11(31)14-15(20(12)32)22(34)17-16(21(14)33)24(36)27(25(17)37)4-3-9-18(27)23(35)13-10(19(9)28)5-8(7-29-40-2)30-26(13)38/h5-7,33-35H,3-4H2,1-2H3,(H,30,38)/b29-7+. The van der Waals surface area contributed by atoms with Gasteiger partial charge in [-0.3, -0.25) is 24.0 Å². The van der Waals surface area contributed by atoms with Gasteiger partial charge in [-0.2, -0.15) is 0 Å². The number of hydrogen-bond donors (Lipinski definition) is 4. The number of pyridine rings is 1. The maximum Gasteiger partial charge on any atom is 0.260 e. The number of aromatic amines is 1. The Labute approximate surface area is 231 Å². The van der Waals surface area contributed by atoms with Crippen LogP contribution in [-0.2, 0) is 21.4 Å². The van der Waals surface area contributed by atoms with E-state index >= 15 is 0 Å². The molecule has 0 aliphatic heterocycles. The van der Waals surface area contributed by atoms with Gasteiger partial charge in [0.25, 0.3) is 5.56 Å². The Kier molecular flexibility index (Phi) is 5.33. The number of ketones is 4. The number of rotatable bonds is 3. The fourth-order valence-electron chi connectivity index (χ4n) is 5.98. The second-order valence-corrected chi connectivity index (χ2v) is 10.2. The maximum absolute atomic E-state index is 14.1. The molecule has 3 aliphatic rings. The van der Waals surface area contributed by atoms with Crippen LogP contribution in [0.2, 0.25) is 0 Å². The second-order valence-electron chi connectivity index (χ2n) is 9.44. The van der Waals surface area contributed by atoms with Crippen molar-refractivity contribution in [1.82, 2.24) is 4.98 Å². The van der Waals surface area contributed by atoms with Crippen LogP contribution in [0.1, 0.15) is 64.7 Å². The molecule has 3 aromatic rings. The van der Waals surface area contributed by atoms with Crippen molar-refractivity contribution in [3.8, 4) is 17.2 Å². The monoisotopic (exact) mass is 608 g/mol. The summed E-state index contributed by atoms with van der Waals surface area (Å²) in [6.45, 7) is 0. The molecule has 0 amide bonds. The molecule has 2 aromatic carbocycles. The smallest absolute Gasteiger partial charge is 0.260 e. The number of carbonyl (C=O) groups is 4. The first-order chi connectivity index (χ1) is 19.0. The van der Waals surface area contributed by atoms with Crippen LogP contribution in [0.25, 0.3) is 10.8 Å². The number of nitrogens with zero attached hydrogens (tertiary/aromatic N) is 1. The van der Waals surface area contributed by atoms with Crippen molar-refractivity contribution >= 4 is 56.0 Å². The van der Waals surface area contributed by atoms with E-state index in [1.54, 1.807) is 0 Å². The molecule has 1 unspecified atom stereocenters. The molecule has 1 spiro atoms. The van der Waals surface area contributed by atoms with Gasteiger partial charge >= 0.3 is 0 Å². The number of nitrogens with one attached hydrogen (secondary N) is 1. The molecule has 0 saturated carbocycles. The summed E-state index contributed by atoms with van der Waals surface area (Å²) in [7, 11) is 2.45. The molecule has 3 aliphatic carbocycles. The summed E-state index contributed by atoms with van der Waals surface area (Å²) in [5.74, 6) is -6.78. The molecule has 202 valence electrons. The average molecular weight is 609 g/mol. The zero-order valence-corrected chi connectivity index (χ0v) is 22.3. The van der Waals surface area contributed by atoms with Crippen molar-refractivity contribution in [2.45, 2.75) is 18.3 Å². The quantitative estimate of drug-likeness (QED) is 0.148.